The molecule has 1 unspecified atom stereocenters. The average molecular weight is 519 g/mol. The smallest absolute Gasteiger partial charge is 0.295 e. The van der Waals surface area contributed by atoms with Crippen molar-refractivity contribution < 1.29 is 19.4 Å². The molecule has 0 saturated carbocycles. The summed E-state index contributed by atoms with van der Waals surface area (Å²) in [5.41, 5.74) is 2.28. The predicted octanol–water partition coefficient (Wildman–Crippen LogP) is 5.68. The van der Waals surface area contributed by atoms with E-state index in [1.807, 2.05) is 54.6 Å². The molecule has 0 radical (unpaired) electrons. The van der Waals surface area contributed by atoms with Gasteiger partial charge in [0.1, 0.15) is 18.1 Å². The molecule has 1 amide bonds. The van der Waals surface area contributed by atoms with Gasteiger partial charge in [0.2, 0.25) is 0 Å². The monoisotopic (exact) mass is 518 g/mol. The van der Waals surface area contributed by atoms with Gasteiger partial charge in [0.15, 0.2) is 0 Å². The van der Waals surface area contributed by atoms with Crippen LogP contribution in [0.2, 0.25) is 5.02 Å². The van der Waals surface area contributed by atoms with Crippen molar-refractivity contribution in [2.45, 2.75) is 26.5 Å². The van der Waals surface area contributed by atoms with Crippen LogP contribution in [0.25, 0.3) is 5.76 Å². The minimum atomic E-state index is -0.714. The second kappa shape index (κ2) is 12.1. The van der Waals surface area contributed by atoms with Crippen LogP contribution in [-0.2, 0) is 16.2 Å². The van der Waals surface area contributed by atoms with Gasteiger partial charge in [-0.15, -0.1) is 0 Å². The molecule has 192 valence electrons. The molecule has 1 heterocycles. The van der Waals surface area contributed by atoms with Gasteiger partial charge in [0, 0.05) is 23.7 Å². The van der Waals surface area contributed by atoms with Gasteiger partial charge in [-0.1, -0.05) is 67.9 Å². The molecule has 6 nitrogen and oxygen atoms in total. The van der Waals surface area contributed by atoms with E-state index in [0.717, 1.165) is 24.2 Å². The van der Waals surface area contributed by atoms with E-state index in [1.54, 1.807) is 29.2 Å². The zero-order valence-corrected chi connectivity index (χ0v) is 21.8. The molecular weight excluding hydrogens is 488 g/mol. The Morgan fingerprint density at radius 1 is 0.946 bits per heavy atom. The number of carbonyl (C=O) groups is 2. The summed E-state index contributed by atoms with van der Waals surface area (Å²) in [6.07, 6.45) is 0. The SMILES string of the molecule is CCN(CC)CCN1C(=O)C(=O)/C(=C(/O)c2ccc(Cl)cc2)C1c1ccc(OCc2ccccc2)cc1. The van der Waals surface area contributed by atoms with Crippen LogP contribution < -0.4 is 4.74 Å². The number of amides is 1. The summed E-state index contributed by atoms with van der Waals surface area (Å²) < 4.78 is 5.91. The van der Waals surface area contributed by atoms with Crippen LogP contribution in [0.5, 0.6) is 5.75 Å². The van der Waals surface area contributed by atoms with Gasteiger partial charge in [0.05, 0.1) is 11.6 Å². The van der Waals surface area contributed by atoms with Crippen molar-refractivity contribution >= 4 is 29.1 Å². The number of aliphatic hydroxyl groups excluding tert-OH is 1. The summed E-state index contributed by atoms with van der Waals surface area (Å²) in [7, 11) is 0. The Morgan fingerprint density at radius 2 is 1.59 bits per heavy atom. The van der Waals surface area contributed by atoms with Gasteiger partial charge in [-0.05, 0) is 60.6 Å². The van der Waals surface area contributed by atoms with Crippen LogP contribution >= 0.6 is 11.6 Å². The summed E-state index contributed by atoms with van der Waals surface area (Å²) in [5.74, 6) is -0.848. The number of nitrogens with zero attached hydrogens (tertiary/aromatic N) is 2. The number of hydrogen-bond donors (Lipinski definition) is 1. The molecule has 0 bridgehead atoms. The molecule has 0 aromatic heterocycles. The van der Waals surface area contributed by atoms with E-state index in [-0.39, 0.29) is 11.3 Å². The Labute approximate surface area is 222 Å². The van der Waals surface area contributed by atoms with E-state index in [9.17, 15) is 14.7 Å². The first-order valence-corrected chi connectivity index (χ1v) is 12.8. The minimum absolute atomic E-state index is 0.0739. The van der Waals surface area contributed by atoms with Crippen molar-refractivity contribution in [3.05, 3.63) is 106 Å². The van der Waals surface area contributed by atoms with E-state index >= 15 is 0 Å². The number of aliphatic hydroxyl groups is 1. The van der Waals surface area contributed by atoms with Crippen molar-refractivity contribution in [2.24, 2.45) is 0 Å². The highest BCUT2D eigenvalue weighted by Crippen LogP contribution is 2.39. The first-order chi connectivity index (χ1) is 17.9. The largest absolute Gasteiger partial charge is 0.507 e. The predicted molar refractivity (Wildman–Crippen MR) is 145 cm³/mol. The first kappa shape index (κ1) is 26.5. The molecule has 1 aliphatic heterocycles. The molecular formula is C30H31ClN2O4. The lowest BCUT2D eigenvalue weighted by atomic mass is 9.95. The maximum absolute atomic E-state index is 13.2. The van der Waals surface area contributed by atoms with E-state index in [4.69, 9.17) is 16.3 Å². The Kier molecular flexibility index (Phi) is 8.64. The average Bonchev–Trinajstić information content (AvgIpc) is 3.18. The lowest BCUT2D eigenvalue weighted by Crippen LogP contribution is -2.38. The summed E-state index contributed by atoms with van der Waals surface area (Å²) in [6.45, 7) is 7.20. The van der Waals surface area contributed by atoms with Crippen LogP contribution in [-0.4, -0.2) is 52.8 Å². The Balaban J connectivity index is 1.67. The Hall–Kier alpha value is -3.61. The van der Waals surface area contributed by atoms with Crippen molar-refractivity contribution in [3.63, 3.8) is 0 Å². The molecule has 37 heavy (non-hydrogen) atoms. The number of likely N-dealkylation sites (N-methyl/N-ethyl adjacent to an activating group) is 1. The molecule has 0 spiro atoms. The molecule has 3 aromatic carbocycles. The van der Waals surface area contributed by atoms with Gasteiger partial charge in [-0.3, -0.25) is 9.59 Å². The highest BCUT2D eigenvalue weighted by atomic mass is 35.5. The van der Waals surface area contributed by atoms with E-state index in [2.05, 4.69) is 18.7 Å². The molecule has 7 heteroatoms. The number of hydrogen-bond acceptors (Lipinski definition) is 5. The molecule has 3 aromatic rings. The fourth-order valence-corrected chi connectivity index (χ4v) is 4.62. The van der Waals surface area contributed by atoms with Gasteiger partial charge in [-0.25, -0.2) is 0 Å². The number of carbonyl (C=O) groups excluding carboxylic acids is 2. The summed E-state index contributed by atoms with van der Waals surface area (Å²) in [6, 6.07) is 23.0. The number of Topliss-reactive ketones (excluding diaryl/α,β-unsaturated/α-hetero) is 1. The second-order valence-corrected chi connectivity index (χ2v) is 9.31. The van der Waals surface area contributed by atoms with Crippen molar-refractivity contribution in [1.82, 2.24) is 9.80 Å². The molecule has 1 fully saturated rings. The Morgan fingerprint density at radius 3 is 2.22 bits per heavy atom. The molecule has 1 N–H and O–H groups in total. The second-order valence-electron chi connectivity index (χ2n) is 8.87. The zero-order valence-electron chi connectivity index (χ0n) is 21.1. The number of benzene rings is 3. The molecule has 1 aliphatic rings. The molecule has 1 atom stereocenters. The van der Waals surface area contributed by atoms with Gasteiger partial charge in [-0.2, -0.15) is 0 Å². The number of ether oxygens (including phenoxy) is 1. The van der Waals surface area contributed by atoms with E-state index < -0.39 is 17.7 Å². The molecule has 4 rings (SSSR count). The normalized spacial score (nSPS) is 17.0. The quantitative estimate of drug-likeness (QED) is 0.212. The van der Waals surface area contributed by atoms with Crippen LogP contribution in [0.4, 0.5) is 0 Å². The van der Waals surface area contributed by atoms with Crippen LogP contribution in [0.3, 0.4) is 0 Å². The first-order valence-electron chi connectivity index (χ1n) is 12.5. The minimum Gasteiger partial charge on any atom is -0.507 e. The van der Waals surface area contributed by atoms with Crippen molar-refractivity contribution in [3.8, 4) is 5.75 Å². The van der Waals surface area contributed by atoms with Crippen LogP contribution in [0, 0.1) is 0 Å². The summed E-state index contributed by atoms with van der Waals surface area (Å²) >= 11 is 6.01. The van der Waals surface area contributed by atoms with Crippen molar-refractivity contribution in [1.29, 1.82) is 0 Å². The maximum atomic E-state index is 13.2. The fraction of sp³-hybridized carbons (Fsp3) is 0.267. The topological polar surface area (TPSA) is 70.1 Å². The fourth-order valence-electron chi connectivity index (χ4n) is 4.50. The van der Waals surface area contributed by atoms with Crippen molar-refractivity contribution in [2.75, 3.05) is 26.2 Å². The lowest BCUT2D eigenvalue weighted by molar-refractivity contribution is -0.140. The van der Waals surface area contributed by atoms with E-state index in [1.165, 1.54) is 0 Å². The van der Waals surface area contributed by atoms with Gasteiger partial charge < -0.3 is 19.6 Å². The lowest BCUT2D eigenvalue weighted by Gasteiger charge is -2.28. The third kappa shape index (κ3) is 6.04. The van der Waals surface area contributed by atoms with Crippen LogP contribution in [0.15, 0.2) is 84.4 Å². The number of ketones is 1. The van der Waals surface area contributed by atoms with Gasteiger partial charge >= 0.3 is 0 Å². The number of likely N-dealkylation sites (tertiary alicyclic amines) is 1. The number of halogens is 1. The Bertz CT molecular complexity index is 1250. The third-order valence-corrected chi connectivity index (χ3v) is 6.91. The molecule has 0 aliphatic carbocycles. The highest BCUT2D eigenvalue weighted by molar-refractivity contribution is 6.46. The summed E-state index contributed by atoms with van der Waals surface area (Å²) in [5, 5.41) is 11.7. The van der Waals surface area contributed by atoms with Gasteiger partial charge in [0.25, 0.3) is 11.7 Å². The summed E-state index contributed by atoms with van der Waals surface area (Å²) in [4.78, 5) is 30.1. The highest BCUT2D eigenvalue weighted by Gasteiger charge is 2.45. The standard InChI is InChI=1S/C30H31ClN2O4/c1-3-32(4-2)18-19-33-27(22-12-16-25(17-13-22)37-20-21-8-6-5-7-9-21)26(29(35)30(33)36)28(34)23-10-14-24(31)15-11-23/h5-17,27,34H,3-4,18-20H2,1-2H3/b28-26+. The zero-order chi connectivity index (χ0) is 26.4. The van der Waals surface area contributed by atoms with E-state index in [0.29, 0.717) is 36.0 Å². The molecule has 1 saturated heterocycles. The number of rotatable bonds is 10. The maximum Gasteiger partial charge on any atom is 0.295 e. The van der Waals surface area contributed by atoms with Crippen LogP contribution in [0.1, 0.15) is 36.6 Å². The third-order valence-electron chi connectivity index (χ3n) is 6.65.